The molecule has 0 aliphatic rings. The molecule has 0 aliphatic heterocycles. The number of hydrogen-bond acceptors (Lipinski definition) is 5. The molecule has 0 aromatic rings. The molecule has 0 radical (unpaired) electrons. The molecule has 0 fully saturated rings. The van der Waals surface area contributed by atoms with Gasteiger partial charge in [0.05, 0.1) is 13.0 Å². The van der Waals surface area contributed by atoms with Crippen molar-refractivity contribution >= 4 is 37.3 Å². The largest absolute Gasteiger partial charge is 0.485 e. The first-order valence-electron chi connectivity index (χ1n) is 9.77. The van der Waals surface area contributed by atoms with E-state index in [2.05, 4.69) is 39.2 Å². The second-order valence-corrected chi connectivity index (χ2v) is 13.6. The number of nitrogens with one attached hydrogen (secondary N) is 1. The van der Waals surface area contributed by atoms with E-state index in [4.69, 9.17) is 21.4 Å². The van der Waals surface area contributed by atoms with Crippen molar-refractivity contribution in [2.75, 3.05) is 19.8 Å². The summed E-state index contributed by atoms with van der Waals surface area (Å²) in [5, 5.41) is 3.08. The summed E-state index contributed by atoms with van der Waals surface area (Å²) in [5.41, 5.74) is 0.640. The second-order valence-electron chi connectivity index (χ2n) is 8.33. The lowest BCUT2D eigenvalue weighted by atomic mass is 10.1. The van der Waals surface area contributed by atoms with Gasteiger partial charge in [-0.25, -0.2) is 0 Å². The van der Waals surface area contributed by atoms with Crippen LogP contribution >= 0.6 is 12.2 Å². The van der Waals surface area contributed by atoms with Gasteiger partial charge in [0.1, 0.15) is 6.61 Å². The molecule has 0 saturated heterocycles. The highest BCUT2D eigenvalue weighted by atomic mass is 32.1. The molecular formula is C21H37NO4SSi. The zero-order valence-electron chi connectivity index (χ0n) is 18.5. The summed E-state index contributed by atoms with van der Waals surface area (Å²) in [6.45, 7) is 15.9. The van der Waals surface area contributed by atoms with Gasteiger partial charge in [-0.2, -0.15) is 0 Å². The van der Waals surface area contributed by atoms with E-state index in [0.717, 1.165) is 19.4 Å². The number of amides is 1. The standard InChI is InChI=1S/C21H37NO4SSi/c1-17(19(24)16-20(27)25-15-13-22-18(2)23)12-10-8-9-11-14-26-28(6,7)21(3,4)5/h8,10,12H,9,11,13-16H2,1-7H3,(H,22,23)/b10-8+,17-12+. The van der Waals surface area contributed by atoms with Crippen LogP contribution in [0.15, 0.2) is 23.8 Å². The normalized spacial score (nSPS) is 12.9. The molecule has 0 bridgehead atoms. The van der Waals surface area contributed by atoms with Crippen LogP contribution in [-0.4, -0.2) is 44.8 Å². The molecule has 1 amide bonds. The van der Waals surface area contributed by atoms with Crippen molar-refractivity contribution in [3.8, 4) is 0 Å². The van der Waals surface area contributed by atoms with Crippen LogP contribution in [0.3, 0.4) is 0 Å². The molecule has 5 nitrogen and oxygen atoms in total. The van der Waals surface area contributed by atoms with Gasteiger partial charge >= 0.3 is 0 Å². The number of thiocarbonyl (C=S) groups is 1. The van der Waals surface area contributed by atoms with Gasteiger partial charge in [-0.1, -0.05) is 39.0 Å². The van der Waals surface area contributed by atoms with Crippen molar-refractivity contribution in [1.82, 2.24) is 5.32 Å². The molecule has 0 rings (SSSR count). The molecular weight excluding hydrogens is 390 g/mol. The van der Waals surface area contributed by atoms with Crippen LogP contribution < -0.4 is 5.32 Å². The number of unbranched alkanes of at least 4 members (excludes halogenated alkanes) is 1. The second kappa shape index (κ2) is 13.0. The van der Waals surface area contributed by atoms with Crippen molar-refractivity contribution in [2.24, 2.45) is 0 Å². The van der Waals surface area contributed by atoms with E-state index in [0.29, 0.717) is 12.1 Å². The fraction of sp³-hybridized carbons (Fsp3) is 0.667. The van der Waals surface area contributed by atoms with Gasteiger partial charge in [-0.3, -0.25) is 9.59 Å². The Morgan fingerprint density at radius 1 is 1.14 bits per heavy atom. The summed E-state index contributed by atoms with van der Waals surface area (Å²) in [6.07, 6.45) is 7.71. The highest BCUT2D eigenvalue weighted by molar-refractivity contribution is 7.80. The lowest BCUT2D eigenvalue weighted by molar-refractivity contribution is -0.119. The van der Waals surface area contributed by atoms with Crippen LogP contribution in [0.2, 0.25) is 18.1 Å². The Labute approximate surface area is 177 Å². The van der Waals surface area contributed by atoms with E-state index >= 15 is 0 Å². The first kappa shape index (κ1) is 26.7. The number of rotatable bonds is 12. The Balaban J connectivity index is 4.11. The molecule has 0 unspecified atom stereocenters. The SMILES string of the molecule is CC(=O)NCCOC(=S)CC(=O)/C(C)=C/C=C/CCCO[Si](C)(C)C(C)(C)C. The van der Waals surface area contributed by atoms with Crippen LogP contribution in [-0.2, 0) is 18.8 Å². The smallest absolute Gasteiger partial charge is 0.216 e. The van der Waals surface area contributed by atoms with E-state index in [9.17, 15) is 9.59 Å². The lowest BCUT2D eigenvalue weighted by Crippen LogP contribution is -2.40. The predicted octanol–water partition coefficient (Wildman–Crippen LogP) is 4.73. The molecule has 0 spiro atoms. The zero-order valence-corrected chi connectivity index (χ0v) is 20.3. The highest BCUT2D eigenvalue weighted by Gasteiger charge is 2.36. The van der Waals surface area contributed by atoms with Gasteiger partial charge in [0.2, 0.25) is 5.91 Å². The Bertz CT molecular complexity index is 592. The van der Waals surface area contributed by atoms with Crippen LogP contribution in [0.5, 0.6) is 0 Å². The topological polar surface area (TPSA) is 64.6 Å². The van der Waals surface area contributed by atoms with Gasteiger partial charge in [-0.15, -0.1) is 0 Å². The number of ketones is 1. The summed E-state index contributed by atoms with van der Waals surface area (Å²) in [5.74, 6) is -0.182. The zero-order chi connectivity index (χ0) is 21.8. The van der Waals surface area contributed by atoms with Gasteiger partial charge < -0.3 is 14.5 Å². The summed E-state index contributed by atoms with van der Waals surface area (Å²) in [4.78, 5) is 22.9. The van der Waals surface area contributed by atoms with Gasteiger partial charge in [0.25, 0.3) is 0 Å². The minimum Gasteiger partial charge on any atom is -0.485 e. The van der Waals surface area contributed by atoms with Gasteiger partial charge in [-0.05, 0) is 55.7 Å². The summed E-state index contributed by atoms with van der Waals surface area (Å²) in [6, 6.07) is 0. The fourth-order valence-electron chi connectivity index (χ4n) is 1.86. The average Bonchev–Trinajstić information content (AvgIpc) is 2.56. The summed E-state index contributed by atoms with van der Waals surface area (Å²) >= 11 is 5.06. The number of hydrogen-bond donors (Lipinski definition) is 1. The maximum absolute atomic E-state index is 12.1. The Kier molecular flexibility index (Phi) is 12.4. The van der Waals surface area contributed by atoms with Crippen molar-refractivity contribution in [3.05, 3.63) is 23.8 Å². The molecule has 0 heterocycles. The fourth-order valence-corrected chi connectivity index (χ4v) is 3.16. The Morgan fingerprint density at radius 2 is 1.79 bits per heavy atom. The summed E-state index contributed by atoms with van der Waals surface area (Å²) < 4.78 is 11.4. The monoisotopic (exact) mass is 427 g/mol. The van der Waals surface area contributed by atoms with Crippen molar-refractivity contribution in [1.29, 1.82) is 0 Å². The molecule has 0 aromatic carbocycles. The van der Waals surface area contributed by atoms with Crippen LogP contribution in [0.1, 0.15) is 53.9 Å². The van der Waals surface area contributed by atoms with Crippen LogP contribution in [0.25, 0.3) is 0 Å². The maximum atomic E-state index is 12.1. The third-order valence-electron chi connectivity index (χ3n) is 4.75. The maximum Gasteiger partial charge on any atom is 0.216 e. The summed E-state index contributed by atoms with van der Waals surface area (Å²) in [7, 11) is -1.67. The number of Topliss-reactive ketones (excluding diaryl/α,β-unsaturated/α-hetero) is 1. The quantitative estimate of drug-likeness (QED) is 0.160. The minimum atomic E-state index is -1.67. The van der Waals surface area contributed by atoms with E-state index in [1.165, 1.54) is 6.92 Å². The van der Waals surface area contributed by atoms with Crippen molar-refractivity contribution in [2.45, 2.75) is 72.0 Å². The van der Waals surface area contributed by atoms with Gasteiger partial charge in [0.15, 0.2) is 19.2 Å². The van der Waals surface area contributed by atoms with E-state index in [-0.39, 0.29) is 34.8 Å². The number of allylic oxidation sites excluding steroid dienone is 4. The third-order valence-corrected chi connectivity index (χ3v) is 9.55. The molecule has 0 atom stereocenters. The molecule has 0 saturated carbocycles. The number of carbonyl (C=O) groups is 2. The first-order chi connectivity index (χ1) is 12.9. The molecule has 28 heavy (non-hydrogen) atoms. The Morgan fingerprint density at radius 3 is 2.36 bits per heavy atom. The number of ether oxygens (including phenoxy) is 1. The lowest BCUT2D eigenvalue weighted by Gasteiger charge is -2.36. The highest BCUT2D eigenvalue weighted by Crippen LogP contribution is 2.36. The van der Waals surface area contributed by atoms with E-state index in [1.54, 1.807) is 13.0 Å². The van der Waals surface area contributed by atoms with Crippen molar-refractivity contribution < 1.29 is 18.8 Å². The minimum absolute atomic E-state index is 0.0598. The third kappa shape index (κ3) is 12.2. The van der Waals surface area contributed by atoms with Crippen LogP contribution in [0, 0.1) is 0 Å². The Hall–Kier alpha value is -1.31. The first-order valence-corrected chi connectivity index (χ1v) is 13.1. The molecule has 0 aliphatic carbocycles. The van der Waals surface area contributed by atoms with Crippen LogP contribution in [0.4, 0.5) is 0 Å². The molecule has 1 N–H and O–H groups in total. The number of carbonyl (C=O) groups excluding carboxylic acids is 2. The molecule has 0 aromatic heterocycles. The average molecular weight is 428 g/mol. The molecule has 7 heteroatoms. The van der Waals surface area contributed by atoms with Crippen molar-refractivity contribution in [3.63, 3.8) is 0 Å². The van der Waals surface area contributed by atoms with E-state index in [1.807, 2.05) is 12.2 Å². The molecule has 160 valence electrons. The van der Waals surface area contributed by atoms with Gasteiger partial charge in [0, 0.05) is 13.5 Å². The predicted molar refractivity (Wildman–Crippen MR) is 122 cm³/mol. The van der Waals surface area contributed by atoms with E-state index < -0.39 is 8.32 Å².